The van der Waals surface area contributed by atoms with Crippen LogP contribution in [-0.2, 0) is 0 Å². The van der Waals surface area contributed by atoms with Crippen molar-refractivity contribution in [2.45, 2.75) is 20.0 Å². The number of aliphatic hydroxyl groups is 1. The molecule has 0 radical (unpaired) electrons. The Bertz CT molecular complexity index is 507. The van der Waals surface area contributed by atoms with E-state index in [-0.39, 0.29) is 0 Å². The van der Waals surface area contributed by atoms with Gasteiger partial charge in [0.2, 0.25) is 0 Å². The summed E-state index contributed by atoms with van der Waals surface area (Å²) in [6.07, 6.45) is 0.994. The second kappa shape index (κ2) is 4.23. The Labute approximate surface area is 98.6 Å². The maximum absolute atomic E-state index is 10.1. The van der Waals surface area contributed by atoms with Crippen molar-refractivity contribution >= 4 is 16.5 Å². The zero-order chi connectivity index (χ0) is 11.7. The van der Waals surface area contributed by atoms with Gasteiger partial charge in [0.25, 0.3) is 0 Å². The first kappa shape index (κ1) is 11.1. The van der Waals surface area contributed by atoms with Gasteiger partial charge in [0.1, 0.15) is 6.10 Å². The summed E-state index contributed by atoms with van der Waals surface area (Å²) in [6.45, 7) is 4.09. The Hall–Kier alpha value is -1.39. The van der Waals surface area contributed by atoms with Crippen LogP contribution in [0.3, 0.4) is 0 Å². The maximum Gasteiger partial charge on any atom is 0.180 e. The number of nitrogens with zero attached hydrogens (tertiary/aromatic N) is 1. The van der Waals surface area contributed by atoms with Gasteiger partial charge in [-0.1, -0.05) is 29.5 Å². The van der Waals surface area contributed by atoms with Crippen molar-refractivity contribution in [2.75, 3.05) is 5.73 Å². The van der Waals surface area contributed by atoms with E-state index in [0.717, 1.165) is 10.4 Å². The molecule has 2 rings (SSSR count). The summed E-state index contributed by atoms with van der Waals surface area (Å²) in [6, 6.07) is 5.94. The smallest absolute Gasteiger partial charge is 0.180 e. The highest BCUT2D eigenvalue weighted by Gasteiger charge is 2.13. The zero-order valence-corrected chi connectivity index (χ0v) is 10.1. The van der Waals surface area contributed by atoms with E-state index in [4.69, 9.17) is 5.73 Å². The number of rotatable bonds is 2. The third kappa shape index (κ3) is 2.08. The third-order valence-electron chi connectivity index (χ3n) is 2.66. The average molecular weight is 234 g/mol. The van der Waals surface area contributed by atoms with Gasteiger partial charge >= 0.3 is 0 Å². The standard InChI is InChI=1S/C12H14N2OS/c1-7-3-4-9(5-8(7)2)11(15)10-6-14-12(13)16-10/h3-6,11,15H,1-2H3,(H2,13,14). The Morgan fingerprint density at radius 2 is 2.06 bits per heavy atom. The monoisotopic (exact) mass is 234 g/mol. The molecule has 0 bridgehead atoms. The van der Waals surface area contributed by atoms with E-state index < -0.39 is 6.10 Å². The number of hydrogen-bond acceptors (Lipinski definition) is 4. The Balaban J connectivity index is 2.33. The molecule has 3 N–H and O–H groups in total. The highest BCUT2D eigenvalue weighted by molar-refractivity contribution is 7.15. The molecule has 0 spiro atoms. The molecule has 16 heavy (non-hydrogen) atoms. The van der Waals surface area contributed by atoms with Crippen LogP contribution < -0.4 is 5.73 Å². The summed E-state index contributed by atoms with van der Waals surface area (Å²) in [4.78, 5) is 4.72. The quantitative estimate of drug-likeness (QED) is 0.839. The maximum atomic E-state index is 10.1. The molecule has 84 valence electrons. The van der Waals surface area contributed by atoms with Crippen molar-refractivity contribution in [2.24, 2.45) is 0 Å². The van der Waals surface area contributed by atoms with Crippen LogP contribution in [0.2, 0.25) is 0 Å². The molecule has 2 aromatic rings. The van der Waals surface area contributed by atoms with Crippen LogP contribution in [0.5, 0.6) is 0 Å². The van der Waals surface area contributed by atoms with Gasteiger partial charge < -0.3 is 10.8 Å². The number of aromatic nitrogens is 1. The van der Waals surface area contributed by atoms with Gasteiger partial charge in [-0.05, 0) is 30.5 Å². The van der Waals surface area contributed by atoms with Crippen molar-refractivity contribution in [3.05, 3.63) is 46.0 Å². The van der Waals surface area contributed by atoms with Crippen molar-refractivity contribution < 1.29 is 5.11 Å². The first-order chi connectivity index (χ1) is 7.58. The molecule has 0 amide bonds. The van der Waals surface area contributed by atoms with E-state index in [2.05, 4.69) is 11.9 Å². The van der Waals surface area contributed by atoms with E-state index in [1.807, 2.05) is 25.1 Å². The van der Waals surface area contributed by atoms with Gasteiger partial charge in [-0.15, -0.1) is 0 Å². The van der Waals surface area contributed by atoms with Gasteiger partial charge in [-0.3, -0.25) is 0 Å². The lowest BCUT2D eigenvalue weighted by Gasteiger charge is -2.10. The van der Waals surface area contributed by atoms with E-state index >= 15 is 0 Å². The molecular weight excluding hydrogens is 220 g/mol. The van der Waals surface area contributed by atoms with Crippen LogP contribution in [0.1, 0.15) is 27.7 Å². The summed E-state index contributed by atoms with van der Waals surface area (Å²) >= 11 is 1.32. The summed E-state index contributed by atoms with van der Waals surface area (Å²) in [5.41, 5.74) is 8.82. The molecule has 3 nitrogen and oxygen atoms in total. The number of nitrogens with two attached hydrogens (primary N) is 1. The van der Waals surface area contributed by atoms with Gasteiger partial charge in [0, 0.05) is 6.20 Å². The second-order valence-corrected chi connectivity index (χ2v) is 4.94. The highest BCUT2D eigenvalue weighted by Crippen LogP contribution is 2.28. The fraction of sp³-hybridized carbons (Fsp3) is 0.250. The minimum atomic E-state index is -0.630. The van der Waals surface area contributed by atoms with Crippen molar-refractivity contribution in [3.8, 4) is 0 Å². The second-order valence-electron chi connectivity index (χ2n) is 3.85. The number of benzene rings is 1. The average Bonchev–Trinajstić information content (AvgIpc) is 2.68. The summed E-state index contributed by atoms with van der Waals surface area (Å²) < 4.78 is 0. The third-order valence-corrected chi connectivity index (χ3v) is 3.54. The predicted octanol–water partition coefficient (Wildman–Crippen LogP) is 2.42. The number of aryl methyl sites for hydroxylation is 2. The Kier molecular flexibility index (Phi) is 2.94. The Morgan fingerprint density at radius 3 is 2.62 bits per heavy atom. The lowest BCUT2D eigenvalue weighted by molar-refractivity contribution is 0.224. The van der Waals surface area contributed by atoms with E-state index in [9.17, 15) is 5.11 Å². The SMILES string of the molecule is Cc1ccc(C(O)c2cnc(N)s2)cc1C. The molecule has 0 aliphatic rings. The first-order valence-electron chi connectivity index (χ1n) is 5.04. The number of nitrogen functional groups attached to an aromatic ring is 1. The molecule has 1 aromatic heterocycles. The lowest BCUT2D eigenvalue weighted by Crippen LogP contribution is -1.98. The highest BCUT2D eigenvalue weighted by atomic mass is 32.1. The van der Waals surface area contributed by atoms with Crippen LogP contribution >= 0.6 is 11.3 Å². The van der Waals surface area contributed by atoms with Crippen LogP contribution in [0.4, 0.5) is 5.13 Å². The van der Waals surface area contributed by atoms with Crippen LogP contribution in [0, 0.1) is 13.8 Å². The fourth-order valence-corrected chi connectivity index (χ4v) is 2.23. The number of aliphatic hydroxyl groups excluding tert-OH is 1. The Morgan fingerprint density at radius 1 is 1.31 bits per heavy atom. The molecule has 1 heterocycles. The summed E-state index contributed by atoms with van der Waals surface area (Å²) in [5.74, 6) is 0. The van der Waals surface area contributed by atoms with Crippen molar-refractivity contribution in [1.29, 1.82) is 0 Å². The van der Waals surface area contributed by atoms with Gasteiger partial charge in [0.05, 0.1) is 4.88 Å². The number of anilines is 1. The summed E-state index contributed by atoms with van der Waals surface area (Å²) in [5, 5.41) is 10.6. The molecule has 0 fully saturated rings. The lowest BCUT2D eigenvalue weighted by atomic mass is 10.0. The number of thiazole rings is 1. The molecule has 0 aliphatic carbocycles. The van der Waals surface area contributed by atoms with Crippen LogP contribution in [-0.4, -0.2) is 10.1 Å². The summed E-state index contributed by atoms with van der Waals surface area (Å²) in [7, 11) is 0. The van der Waals surface area contributed by atoms with E-state index in [1.165, 1.54) is 22.5 Å². The normalized spacial score (nSPS) is 12.7. The molecule has 4 heteroatoms. The van der Waals surface area contributed by atoms with E-state index in [1.54, 1.807) is 6.20 Å². The van der Waals surface area contributed by atoms with Crippen molar-refractivity contribution in [1.82, 2.24) is 4.98 Å². The topological polar surface area (TPSA) is 59.1 Å². The molecule has 1 unspecified atom stereocenters. The van der Waals surface area contributed by atoms with Gasteiger partial charge in [0.15, 0.2) is 5.13 Å². The molecule has 0 saturated heterocycles. The molecule has 0 saturated carbocycles. The zero-order valence-electron chi connectivity index (χ0n) is 9.27. The molecule has 0 aliphatic heterocycles. The van der Waals surface area contributed by atoms with Crippen LogP contribution in [0.15, 0.2) is 24.4 Å². The number of hydrogen-bond donors (Lipinski definition) is 2. The molecular formula is C12H14N2OS. The van der Waals surface area contributed by atoms with E-state index in [0.29, 0.717) is 5.13 Å². The molecule has 1 atom stereocenters. The minimum absolute atomic E-state index is 0.484. The van der Waals surface area contributed by atoms with Gasteiger partial charge in [-0.25, -0.2) is 4.98 Å². The largest absolute Gasteiger partial charge is 0.383 e. The predicted molar refractivity (Wildman–Crippen MR) is 66.5 cm³/mol. The van der Waals surface area contributed by atoms with Gasteiger partial charge in [-0.2, -0.15) is 0 Å². The molecule has 1 aromatic carbocycles. The van der Waals surface area contributed by atoms with Crippen molar-refractivity contribution in [3.63, 3.8) is 0 Å². The van der Waals surface area contributed by atoms with Crippen LogP contribution in [0.25, 0.3) is 0 Å². The fourth-order valence-electron chi connectivity index (χ4n) is 1.53. The first-order valence-corrected chi connectivity index (χ1v) is 5.86. The minimum Gasteiger partial charge on any atom is -0.383 e.